The first-order valence-corrected chi connectivity index (χ1v) is 9.07. The summed E-state index contributed by atoms with van der Waals surface area (Å²) < 4.78 is 5.49. The number of anilines is 1. The average Bonchev–Trinajstić information content (AvgIpc) is 2.61. The van der Waals surface area contributed by atoms with E-state index in [2.05, 4.69) is 22.8 Å². The first-order valence-electron chi connectivity index (χ1n) is 8.09. The Kier molecular flexibility index (Phi) is 7.85. The lowest BCUT2D eigenvalue weighted by Crippen LogP contribution is -2.30. The zero-order valence-electron chi connectivity index (χ0n) is 14.2. The van der Waals surface area contributed by atoms with Crippen LogP contribution in [-0.2, 0) is 9.59 Å². The maximum Gasteiger partial charge on any atom is 0.257 e. The molecule has 0 aliphatic heterocycles. The maximum absolute atomic E-state index is 11.9. The van der Waals surface area contributed by atoms with Gasteiger partial charge in [0.2, 0.25) is 5.91 Å². The van der Waals surface area contributed by atoms with Crippen molar-refractivity contribution >= 4 is 29.3 Å². The summed E-state index contributed by atoms with van der Waals surface area (Å²) in [4.78, 5) is 24.2. The minimum absolute atomic E-state index is 0.0809. The molecule has 2 aromatic carbocycles. The molecule has 0 spiro atoms. The predicted octanol–water partition coefficient (Wildman–Crippen LogP) is 3.32. The molecule has 2 rings (SSSR count). The van der Waals surface area contributed by atoms with E-state index in [-0.39, 0.29) is 18.4 Å². The topological polar surface area (TPSA) is 67.4 Å². The lowest BCUT2D eigenvalue weighted by molar-refractivity contribution is -0.123. The first-order chi connectivity index (χ1) is 12.1. The van der Waals surface area contributed by atoms with Crippen LogP contribution in [0.2, 0.25) is 0 Å². The average molecular weight is 358 g/mol. The maximum atomic E-state index is 11.9. The van der Waals surface area contributed by atoms with Crippen LogP contribution in [-0.4, -0.2) is 30.7 Å². The predicted molar refractivity (Wildman–Crippen MR) is 101 cm³/mol. The van der Waals surface area contributed by atoms with Crippen LogP contribution in [0.3, 0.4) is 0 Å². The van der Waals surface area contributed by atoms with Crippen molar-refractivity contribution in [2.75, 3.05) is 24.2 Å². The summed E-state index contributed by atoms with van der Waals surface area (Å²) in [5.74, 6) is 1.06. The molecule has 0 atom stereocenters. The third-order valence-electron chi connectivity index (χ3n) is 3.21. The summed E-state index contributed by atoms with van der Waals surface area (Å²) in [7, 11) is 0. The van der Waals surface area contributed by atoms with Crippen molar-refractivity contribution in [2.24, 2.45) is 0 Å². The Balaban J connectivity index is 1.65. The highest BCUT2D eigenvalue weighted by Crippen LogP contribution is 2.23. The molecule has 2 aromatic rings. The van der Waals surface area contributed by atoms with Crippen LogP contribution < -0.4 is 15.4 Å². The van der Waals surface area contributed by atoms with E-state index in [1.165, 1.54) is 11.8 Å². The summed E-state index contributed by atoms with van der Waals surface area (Å²) in [5.41, 5.74) is 0.557. The number of thioether (sulfide) groups is 1. The van der Waals surface area contributed by atoms with Crippen LogP contribution in [0.4, 0.5) is 5.69 Å². The second-order valence-corrected chi connectivity index (χ2v) is 6.50. The minimum atomic E-state index is -0.184. The van der Waals surface area contributed by atoms with Gasteiger partial charge in [0, 0.05) is 18.4 Å². The molecule has 0 fully saturated rings. The molecular formula is C19H22N2O3S. The van der Waals surface area contributed by atoms with Gasteiger partial charge in [0.15, 0.2) is 6.61 Å². The zero-order valence-corrected chi connectivity index (χ0v) is 15.0. The molecular weight excluding hydrogens is 336 g/mol. The summed E-state index contributed by atoms with van der Waals surface area (Å²) in [6, 6.07) is 17.2. The lowest BCUT2D eigenvalue weighted by atomic mass is 10.3. The number of hydrogen-bond donors (Lipinski definition) is 2. The molecule has 25 heavy (non-hydrogen) atoms. The van der Waals surface area contributed by atoms with Gasteiger partial charge in [-0.1, -0.05) is 30.3 Å². The van der Waals surface area contributed by atoms with E-state index in [0.29, 0.717) is 18.0 Å². The SMILES string of the molecule is CC(=O)Nc1ccccc1OCC(=O)NCCCSc1ccccc1. The number of amides is 2. The zero-order chi connectivity index (χ0) is 17.9. The number of ether oxygens (including phenoxy) is 1. The monoisotopic (exact) mass is 358 g/mol. The Morgan fingerprint density at radius 2 is 1.76 bits per heavy atom. The molecule has 0 radical (unpaired) electrons. The Labute approximate surface area is 152 Å². The fourth-order valence-corrected chi connectivity index (χ4v) is 2.96. The van der Waals surface area contributed by atoms with Crippen molar-refractivity contribution in [1.82, 2.24) is 5.32 Å². The standard InChI is InChI=1S/C19H22N2O3S/c1-15(22)21-17-10-5-6-11-18(17)24-14-19(23)20-12-7-13-25-16-8-3-2-4-9-16/h2-6,8-11H,7,12-14H2,1H3,(H,20,23)(H,21,22). The van der Waals surface area contributed by atoms with Crippen molar-refractivity contribution in [3.63, 3.8) is 0 Å². The number of hydrogen-bond acceptors (Lipinski definition) is 4. The molecule has 0 aliphatic carbocycles. The molecule has 0 heterocycles. The third-order valence-corrected chi connectivity index (χ3v) is 4.31. The van der Waals surface area contributed by atoms with Crippen LogP contribution in [0.15, 0.2) is 59.5 Å². The van der Waals surface area contributed by atoms with Crippen molar-refractivity contribution in [3.05, 3.63) is 54.6 Å². The summed E-state index contributed by atoms with van der Waals surface area (Å²) >= 11 is 1.77. The normalized spacial score (nSPS) is 10.1. The summed E-state index contributed by atoms with van der Waals surface area (Å²) in [6.07, 6.45) is 0.883. The van der Waals surface area contributed by atoms with Gasteiger partial charge in [0.1, 0.15) is 5.75 Å². The Morgan fingerprint density at radius 3 is 2.52 bits per heavy atom. The van der Waals surface area contributed by atoms with E-state index in [1.807, 2.05) is 18.2 Å². The molecule has 0 saturated heterocycles. The molecule has 0 unspecified atom stereocenters. The highest BCUT2D eigenvalue weighted by Gasteiger charge is 2.07. The fourth-order valence-electron chi connectivity index (χ4n) is 2.09. The van der Waals surface area contributed by atoms with Crippen LogP contribution in [0.1, 0.15) is 13.3 Å². The van der Waals surface area contributed by atoms with Gasteiger partial charge in [-0.15, -0.1) is 11.8 Å². The fraction of sp³-hybridized carbons (Fsp3) is 0.263. The molecule has 132 valence electrons. The van der Waals surface area contributed by atoms with Gasteiger partial charge in [-0.2, -0.15) is 0 Å². The van der Waals surface area contributed by atoms with Gasteiger partial charge in [0.05, 0.1) is 5.69 Å². The summed E-state index contributed by atoms with van der Waals surface area (Å²) in [5, 5.41) is 5.51. The first kappa shape index (κ1) is 18.9. The molecule has 0 bridgehead atoms. The van der Waals surface area contributed by atoms with E-state index in [1.54, 1.807) is 36.0 Å². The van der Waals surface area contributed by atoms with Crippen LogP contribution in [0, 0.1) is 0 Å². The number of nitrogens with one attached hydrogen (secondary N) is 2. The number of benzene rings is 2. The number of rotatable bonds is 9. The van der Waals surface area contributed by atoms with E-state index < -0.39 is 0 Å². The van der Waals surface area contributed by atoms with Crippen molar-refractivity contribution in [2.45, 2.75) is 18.2 Å². The number of para-hydroxylation sites is 2. The van der Waals surface area contributed by atoms with Gasteiger partial charge in [-0.05, 0) is 36.4 Å². The third kappa shape index (κ3) is 7.30. The van der Waals surface area contributed by atoms with Gasteiger partial charge in [0.25, 0.3) is 5.91 Å². The molecule has 5 nitrogen and oxygen atoms in total. The minimum Gasteiger partial charge on any atom is -0.482 e. The van der Waals surface area contributed by atoms with Gasteiger partial charge in [-0.25, -0.2) is 0 Å². The quantitative estimate of drug-likeness (QED) is 0.533. The Bertz CT molecular complexity index is 692. The molecule has 2 amide bonds. The highest BCUT2D eigenvalue weighted by molar-refractivity contribution is 7.99. The number of carbonyl (C=O) groups excluding carboxylic acids is 2. The smallest absolute Gasteiger partial charge is 0.257 e. The molecule has 0 saturated carbocycles. The van der Waals surface area contributed by atoms with E-state index >= 15 is 0 Å². The Hall–Kier alpha value is -2.47. The molecule has 0 aromatic heterocycles. The molecule has 6 heteroatoms. The second-order valence-electron chi connectivity index (χ2n) is 5.33. The van der Waals surface area contributed by atoms with E-state index in [4.69, 9.17) is 4.74 Å². The van der Waals surface area contributed by atoms with Crippen molar-refractivity contribution in [1.29, 1.82) is 0 Å². The van der Waals surface area contributed by atoms with Gasteiger partial charge in [-0.3, -0.25) is 9.59 Å². The van der Waals surface area contributed by atoms with Gasteiger partial charge < -0.3 is 15.4 Å². The highest BCUT2D eigenvalue weighted by atomic mass is 32.2. The van der Waals surface area contributed by atoms with Gasteiger partial charge >= 0.3 is 0 Å². The summed E-state index contributed by atoms with van der Waals surface area (Å²) in [6.45, 7) is 1.95. The van der Waals surface area contributed by atoms with Crippen molar-refractivity contribution in [3.8, 4) is 5.75 Å². The molecule has 2 N–H and O–H groups in total. The van der Waals surface area contributed by atoms with E-state index in [0.717, 1.165) is 12.2 Å². The van der Waals surface area contributed by atoms with Crippen molar-refractivity contribution < 1.29 is 14.3 Å². The number of carbonyl (C=O) groups is 2. The second kappa shape index (κ2) is 10.4. The Morgan fingerprint density at radius 1 is 1.04 bits per heavy atom. The lowest BCUT2D eigenvalue weighted by Gasteiger charge is -2.11. The molecule has 0 aliphatic rings. The van der Waals surface area contributed by atoms with E-state index in [9.17, 15) is 9.59 Å². The van der Waals surface area contributed by atoms with Crippen LogP contribution >= 0.6 is 11.8 Å². The van der Waals surface area contributed by atoms with Crippen LogP contribution in [0.5, 0.6) is 5.75 Å². The van der Waals surface area contributed by atoms with Crippen LogP contribution in [0.25, 0.3) is 0 Å². The largest absolute Gasteiger partial charge is 0.482 e.